The average molecular weight is 277 g/mol. The fourth-order valence-electron chi connectivity index (χ4n) is 3.16. The molecular formula is C15H17Br. The monoisotopic (exact) mass is 276 g/mol. The maximum Gasteiger partial charge on any atom is 0.0253 e. The highest BCUT2D eigenvalue weighted by atomic mass is 79.9. The summed E-state index contributed by atoms with van der Waals surface area (Å²) in [6.07, 6.45) is 11.2. The summed E-state index contributed by atoms with van der Waals surface area (Å²) in [5, 5.41) is 0. The summed E-state index contributed by atoms with van der Waals surface area (Å²) >= 11 is 3.73. The Bertz CT molecular complexity index is 457. The number of aryl methyl sites for hydroxylation is 1. The van der Waals surface area contributed by atoms with E-state index in [1.807, 2.05) is 0 Å². The van der Waals surface area contributed by atoms with Crippen molar-refractivity contribution in [2.75, 3.05) is 0 Å². The van der Waals surface area contributed by atoms with Crippen molar-refractivity contribution in [2.45, 2.75) is 44.9 Å². The molecule has 1 aromatic rings. The first-order chi connectivity index (χ1) is 7.81. The average Bonchev–Trinajstić information content (AvgIpc) is 2.74. The van der Waals surface area contributed by atoms with E-state index in [-0.39, 0.29) is 0 Å². The number of benzene rings is 1. The van der Waals surface area contributed by atoms with Crippen molar-refractivity contribution in [1.82, 2.24) is 0 Å². The third-order valence-electron chi connectivity index (χ3n) is 3.99. The summed E-state index contributed by atoms with van der Waals surface area (Å²) in [4.78, 5) is 0. The lowest BCUT2D eigenvalue weighted by Crippen LogP contribution is -2.09. The molecule has 0 saturated heterocycles. The van der Waals surface area contributed by atoms with Gasteiger partial charge in [0.05, 0.1) is 0 Å². The van der Waals surface area contributed by atoms with Gasteiger partial charge in [-0.1, -0.05) is 35.0 Å². The van der Waals surface area contributed by atoms with Crippen LogP contribution >= 0.6 is 15.9 Å². The molecule has 1 aromatic carbocycles. The van der Waals surface area contributed by atoms with Crippen molar-refractivity contribution >= 4 is 22.0 Å². The number of allylic oxidation sites excluding steroid dienone is 1. The summed E-state index contributed by atoms with van der Waals surface area (Å²) < 4.78 is 1.30. The van der Waals surface area contributed by atoms with Crippen LogP contribution in [0.2, 0.25) is 0 Å². The molecule has 2 aliphatic carbocycles. The molecule has 0 fully saturated rings. The number of hydrogen-bond donors (Lipinski definition) is 0. The topological polar surface area (TPSA) is 0 Å². The van der Waals surface area contributed by atoms with Crippen molar-refractivity contribution < 1.29 is 0 Å². The van der Waals surface area contributed by atoms with E-state index in [4.69, 9.17) is 0 Å². The lowest BCUT2D eigenvalue weighted by Gasteiger charge is -2.23. The van der Waals surface area contributed by atoms with Gasteiger partial charge in [-0.25, -0.2) is 0 Å². The van der Waals surface area contributed by atoms with E-state index in [0.717, 1.165) is 0 Å². The third-order valence-corrected chi connectivity index (χ3v) is 4.65. The van der Waals surface area contributed by atoms with Crippen LogP contribution in [0.3, 0.4) is 0 Å². The van der Waals surface area contributed by atoms with Crippen LogP contribution in [0, 0.1) is 0 Å². The van der Waals surface area contributed by atoms with Crippen LogP contribution in [0.15, 0.2) is 16.6 Å². The minimum absolute atomic E-state index is 0.666. The SMILES string of the molecule is CCC1C=Cc2c(Br)cc3c(c21)CCCC3. The van der Waals surface area contributed by atoms with E-state index in [1.54, 1.807) is 16.7 Å². The van der Waals surface area contributed by atoms with Crippen molar-refractivity contribution in [2.24, 2.45) is 0 Å². The third kappa shape index (κ3) is 1.48. The van der Waals surface area contributed by atoms with Crippen LogP contribution in [0.25, 0.3) is 6.08 Å². The molecular weight excluding hydrogens is 260 g/mol. The normalized spacial score (nSPS) is 22.0. The highest BCUT2D eigenvalue weighted by Gasteiger charge is 2.25. The zero-order valence-corrected chi connectivity index (χ0v) is 11.3. The lowest BCUT2D eigenvalue weighted by atomic mass is 9.83. The van der Waals surface area contributed by atoms with E-state index in [0.29, 0.717) is 5.92 Å². The molecule has 0 heterocycles. The van der Waals surface area contributed by atoms with Crippen LogP contribution < -0.4 is 0 Å². The van der Waals surface area contributed by atoms with Crippen LogP contribution in [0.1, 0.15) is 54.4 Å². The molecule has 0 radical (unpaired) electrons. The minimum Gasteiger partial charge on any atom is -0.0763 e. The molecule has 0 aliphatic heterocycles. The predicted molar refractivity (Wildman–Crippen MR) is 72.9 cm³/mol. The van der Waals surface area contributed by atoms with Gasteiger partial charge in [-0.2, -0.15) is 0 Å². The zero-order chi connectivity index (χ0) is 11.1. The molecule has 0 aromatic heterocycles. The fourth-order valence-corrected chi connectivity index (χ4v) is 3.78. The molecule has 0 bridgehead atoms. The Morgan fingerprint density at radius 1 is 1.31 bits per heavy atom. The summed E-state index contributed by atoms with van der Waals surface area (Å²) in [5.74, 6) is 0.666. The standard InChI is InChI=1S/C15H17Br/c1-2-10-7-8-13-14(16)9-11-5-3-4-6-12(11)15(10)13/h7-10H,2-6H2,1H3. The van der Waals surface area contributed by atoms with Gasteiger partial charge in [-0.3, -0.25) is 0 Å². The molecule has 3 rings (SSSR count). The Kier molecular flexibility index (Phi) is 2.67. The minimum atomic E-state index is 0.666. The molecule has 0 spiro atoms. The Balaban J connectivity index is 2.21. The fraction of sp³-hybridized carbons (Fsp3) is 0.467. The van der Waals surface area contributed by atoms with Crippen LogP contribution in [-0.4, -0.2) is 0 Å². The summed E-state index contributed by atoms with van der Waals surface area (Å²) in [5.41, 5.74) is 6.35. The van der Waals surface area contributed by atoms with Gasteiger partial charge >= 0.3 is 0 Å². The van der Waals surface area contributed by atoms with E-state index in [2.05, 4.69) is 41.1 Å². The molecule has 2 aliphatic rings. The van der Waals surface area contributed by atoms with Gasteiger partial charge in [-0.15, -0.1) is 0 Å². The van der Waals surface area contributed by atoms with Gasteiger partial charge in [0, 0.05) is 10.4 Å². The van der Waals surface area contributed by atoms with Gasteiger partial charge in [0.2, 0.25) is 0 Å². The quantitative estimate of drug-likeness (QED) is 0.688. The molecule has 1 unspecified atom stereocenters. The number of hydrogen-bond acceptors (Lipinski definition) is 0. The molecule has 1 atom stereocenters. The smallest absolute Gasteiger partial charge is 0.0253 e. The van der Waals surface area contributed by atoms with E-state index < -0.39 is 0 Å². The van der Waals surface area contributed by atoms with Crippen molar-refractivity contribution in [3.8, 4) is 0 Å². The lowest BCUT2D eigenvalue weighted by molar-refractivity contribution is 0.669. The van der Waals surface area contributed by atoms with Crippen molar-refractivity contribution in [3.63, 3.8) is 0 Å². The van der Waals surface area contributed by atoms with Gasteiger partial charge in [0.1, 0.15) is 0 Å². The van der Waals surface area contributed by atoms with Crippen molar-refractivity contribution in [1.29, 1.82) is 0 Å². The predicted octanol–water partition coefficient (Wildman–Crippen LogP) is 4.85. The Hall–Kier alpha value is -0.560. The Labute approximate surface area is 106 Å². The second-order valence-electron chi connectivity index (χ2n) is 4.90. The number of halogens is 1. The van der Waals surface area contributed by atoms with E-state index >= 15 is 0 Å². The number of rotatable bonds is 1. The molecule has 0 amide bonds. The molecule has 0 nitrogen and oxygen atoms in total. The molecule has 1 heteroatoms. The highest BCUT2D eigenvalue weighted by Crippen LogP contribution is 2.42. The van der Waals surface area contributed by atoms with Crippen LogP contribution in [0.4, 0.5) is 0 Å². The maximum atomic E-state index is 3.73. The molecule has 84 valence electrons. The molecule has 0 N–H and O–H groups in total. The molecule has 16 heavy (non-hydrogen) atoms. The Morgan fingerprint density at radius 3 is 2.94 bits per heavy atom. The number of fused-ring (bicyclic) bond motifs is 3. The zero-order valence-electron chi connectivity index (χ0n) is 9.72. The van der Waals surface area contributed by atoms with Crippen LogP contribution in [0.5, 0.6) is 0 Å². The van der Waals surface area contributed by atoms with E-state index in [9.17, 15) is 0 Å². The summed E-state index contributed by atoms with van der Waals surface area (Å²) in [6, 6.07) is 2.36. The van der Waals surface area contributed by atoms with Gasteiger partial charge in [0.15, 0.2) is 0 Å². The van der Waals surface area contributed by atoms with Crippen LogP contribution in [-0.2, 0) is 12.8 Å². The van der Waals surface area contributed by atoms with Crippen molar-refractivity contribution in [3.05, 3.63) is 38.9 Å². The van der Waals surface area contributed by atoms with Gasteiger partial charge < -0.3 is 0 Å². The Morgan fingerprint density at radius 2 is 2.12 bits per heavy atom. The summed E-state index contributed by atoms with van der Waals surface area (Å²) in [6.45, 7) is 2.29. The largest absolute Gasteiger partial charge is 0.0763 e. The van der Waals surface area contributed by atoms with Gasteiger partial charge in [-0.05, 0) is 60.4 Å². The van der Waals surface area contributed by atoms with E-state index in [1.165, 1.54) is 42.1 Å². The second kappa shape index (κ2) is 4.03. The maximum absolute atomic E-state index is 3.73. The first-order valence-electron chi connectivity index (χ1n) is 6.33. The van der Waals surface area contributed by atoms with Gasteiger partial charge in [0.25, 0.3) is 0 Å². The molecule has 0 saturated carbocycles. The first kappa shape index (κ1) is 10.6. The summed E-state index contributed by atoms with van der Waals surface area (Å²) in [7, 11) is 0. The highest BCUT2D eigenvalue weighted by molar-refractivity contribution is 9.10. The second-order valence-corrected chi connectivity index (χ2v) is 5.76. The first-order valence-corrected chi connectivity index (χ1v) is 7.13.